The minimum Gasteiger partial charge on any atom is -0.298 e. The molecule has 0 aromatic carbocycles. The third-order valence-corrected chi connectivity index (χ3v) is 1.90. The first-order valence-corrected chi connectivity index (χ1v) is 4.74. The molecule has 16 heavy (non-hydrogen) atoms. The van der Waals surface area contributed by atoms with Crippen LogP contribution in [0.5, 0.6) is 0 Å². The van der Waals surface area contributed by atoms with E-state index >= 15 is 0 Å². The number of amides is 1. The lowest BCUT2D eigenvalue weighted by Crippen LogP contribution is -2.29. The zero-order valence-corrected chi connectivity index (χ0v) is 8.42. The summed E-state index contributed by atoms with van der Waals surface area (Å²) in [5, 5.41) is 0. The zero-order chi connectivity index (χ0) is 11.2. The smallest absolute Gasteiger partial charge is 0.288 e. The maximum Gasteiger partial charge on any atom is 0.288 e. The van der Waals surface area contributed by atoms with E-state index in [1.165, 1.54) is 0 Å². The SMILES string of the molecule is O=C(NNc1ccncc1)c1ccccn1. The van der Waals surface area contributed by atoms with Crippen molar-refractivity contribution >= 4 is 11.6 Å². The predicted molar refractivity (Wildman–Crippen MR) is 59.6 cm³/mol. The van der Waals surface area contributed by atoms with Gasteiger partial charge >= 0.3 is 0 Å². The molecular weight excluding hydrogens is 204 g/mol. The number of nitrogens with one attached hydrogen (secondary N) is 2. The van der Waals surface area contributed by atoms with E-state index in [1.807, 2.05) is 0 Å². The number of nitrogens with zero attached hydrogens (tertiary/aromatic N) is 2. The molecule has 0 aliphatic carbocycles. The summed E-state index contributed by atoms with van der Waals surface area (Å²) in [5.74, 6) is -0.280. The normalized spacial score (nSPS) is 9.50. The fourth-order valence-corrected chi connectivity index (χ4v) is 1.13. The van der Waals surface area contributed by atoms with Crippen LogP contribution in [0.2, 0.25) is 0 Å². The average Bonchev–Trinajstić information content (AvgIpc) is 2.38. The summed E-state index contributed by atoms with van der Waals surface area (Å²) in [6.45, 7) is 0. The number of carbonyl (C=O) groups is 1. The highest BCUT2D eigenvalue weighted by Gasteiger charge is 2.04. The molecule has 2 N–H and O–H groups in total. The Morgan fingerprint density at radius 2 is 1.88 bits per heavy atom. The maximum absolute atomic E-state index is 11.6. The number of hydrogen-bond donors (Lipinski definition) is 2. The van der Waals surface area contributed by atoms with E-state index in [-0.39, 0.29) is 5.91 Å². The molecule has 0 saturated heterocycles. The Hall–Kier alpha value is -2.43. The Bertz CT molecular complexity index is 458. The topological polar surface area (TPSA) is 66.9 Å². The van der Waals surface area contributed by atoms with Crippen LogP contribution in [0.1, 0.15) is 10.5 Å². The fraction of sp³-hybridized carbons (Fsp3) is 0. The van der Waals surface area contributed by atoms with Crippen LogP contribution in [0, 0.1) is 0 Å². The van der Waals surface area contributed by atoms with Crippen LogP contribution in [0.3, 0.4) is 0 Å². The van der Waals surface area contributed by atoms with Crippen molar-refractivity contribution in [2.24, 2.45) is 0 Å². The minimum absolute atomic E-state index is 0.280. The molecule has 0 radical (unpaired) electrons. The second-order valence-corrected chi connectivity index (χ2v) is 3.03. The highest BCUT2D eigenvalue weighted by molar-refractivity contribution is 5.92. The number of hydrogen-bond acceptors (Lipinski definition) is 4. The van der Waals surface area contributed by atoms with Gasteiger partial charge in [-0.3, -0.25) is 25.6 Å². The van der Waals surface area contributed by atoms with E-state index in [2.05, 4.69) is 20.8 Å². The zero-order valence-electron chi connectivity index (χ0n) is 8.42. The van der Waals surface area contributed by atoms with Crippen molar-refractivity contribution in [1.29, 1.82) is 0 Å². The monoisotopic (exact) mass is 214 g/mol. The molecule has 5 nitrogen and oxygen atoms in total. The number of pyridine rings is 2. The van der Waals surface area contributed by atoms with Gasteiger partial charge in [-0.1, -0.05) is 6.07 Å². The van der Waals surface area contributed by atoms with Gasteiger partial charge in [-0.25, -0.2) is 0 Å². The number of aromatic nitrogens is 2. The summed E-state index contributed by atoms with van der Waals surface area (Å²) < 4.78 is 0. The summed E-state index contributed by atoms with van der Waals surface area (Å²) in [5.41, 5.74) is 6.43. The van der Waals surface area contributed by atoms with Crippen molar-refractivity contribution < 1.29 is 4.79 Å². The second-order valence-electron chi connectivity index (χ2n) is 3.03. The molecule has 0 aliphatic heterocycles. The lowest BCUT2D eigenvalue weighted by Gasteiger charge is -2.06. The Morgan fingerprint density at radius 3 is 2.56 bits per heavy atom. The molecular formula is C11H10N4O. The molecule has 80 valence electrons. The largest absolute Gasteiger partial charge is 0.298 e. The van der Waals surface area contributed by atoms with Crippen LogP contribution in [0.15, 0.2) is 48.9 Å². The van der Waals surface area contributed by atoms with Crippen LogP contribution in [-0.4, -0.2) is 15.9 Å². The average molecular weight is 214 g/mol. The Balaban J connectivity index is 1.95. The van der Waals surface area contributed by atoms with Crippen LogP contribution < -0.4 is 10.9 Å². The van der Waals surface area contributed by atoms with Gasteiger partial charge in [0, 0.05) is 18.6 Å². The van der Waals surface area contributed by atoms with Gasteiger partial charge in [-0.15, -0.1) is 0 Å². The quantitative estimate of drug-likeness (QED) is 0.754. The number of hydrazine groups is 1. The molecule has 0 atom stereocenters. The van der Waals surface area contributed by atoms with E-state index in [0.29, 0.717) is 5.69 Å². The number of rotatable bonds is 3. The van der Waals surface area contributed by atoms with Gasteiger partial charge in [0.1, 0.15) is 5.69 Å². The summed E-state index contributed by atoms with van der Waals surface area (Å²) in [4.78, 5) is 19.4. The van der Waals surface area contributed by atoms with E-state index in [9.17, 15) is 4.79 Å². The van der Waals surface area contributed by atoms with Crippen molar-refractivity contribution in [2.45, 2.75) is 0 Å². The van der Waals surface area contributed by atoms with Gasteiger partial charge in [0.05, 0.1) is 5.69 Å². The molecule has 0 fully saturated rings. The summed E-state index contributed by atoms with van der Waals surface area (Å²) >= 11 is 0. The van der Waals surface area contributed by atoms with E-state index in [4.69, 9.17) is 0 Å². The third kappa shape index (κ3) is 2.54. The molecule has 2 rings (SSSR count). The standard InChI is InChI=1S/C11H10N4O/c16-11(10-3-1-2-6-13-10)15-14-9-4-7-12-8-5-9/h1-8H,(H,12,14)(H,15,16). The third-order valence-electron chi connectivity index (χ3n) is 1.90. The summed E-state index contributed by atoms with van der Waals surface area (Å²) in [7, 11) is 0. The highest BCUT2D eigenvalue weighted by Crippen LogP contribution is 2.01. The number of anilines is 1. The van der Waals surface area contributed by atoms with Crippen molar-refractivity contribution in [3.63, 3.8) is 0 Å². The number of carbonyl (C=O) groups excluding carboxylic acids is 1. The lowest BCUT2D eigenvalue weighted by atomic mass is 10.3. The van der Waals surface area contributed by atoms with Gasteiger partial charge in [0.15, 0.2) is 0 Å². The van der Waals surface area contributed by atoms with Gasteiger partial charge in [0.25, 0.3) is 5.91 Å². The Morgan fingerprint density at radius 1 is 1.06 bits per heavy atom. The highest BCUT2D eigenvalue weighted by atomic mass is 16.2. The van der Waals surface area contributed by atoms with Crippen LogP contribution in [0.4, 0.5) is 5.69 Å². The minimum atomic E-state index is -0.280. The van der Waals surface area contributed by atoms with Crippen LogP contribution in [-0.2, 0) is 0 Å². The molecule has 0 unspecified atom stereocenters. The van der Waals surface area contributed by atoms with E-state index < -0.39 is 0 Å². The lowest BCUT2D eigenvalue weighted by molar-refractivity contribution is 0.0958. The van der Waals surface area contributed by atoms with Crippen LogP contribution >= 0.6 is 0 Å². The van der Waals surface area contributed by atoms with Gasteiger partial charge in [-0.2, -0.15) is 0 Å². The van der Waals surface area contributed by atoms with E-state index in [0.717, 1.165) is 5.69 Å². The molecule has 0 saturated carbocycles. The molecule has 2 aromatic rings. The Kier molecular flexibility index (Phi) is 3.08. The summed E-state index contributed by atoms with van der Waals surface area (Å²) in [6.07, 6.45) is 4.84. The molecule has 1 amide bonds. The van der Waals surface area contributed by atoms with Crippen LogP contribution in [0.25, 0.3) is 0 Å². The van der Waals surface area contributed by atoms with Crippen molar-refractivity contribution in [1.82, 2.24) is 15.4 Å². The van der Waals surface area contributed by atoms with Gasteiger partial charge in [0.2, 0.25) is 0 Å². The van der Waals surface area contributed by atoms with Gasteiger partial charge < -0.3 is 0 Å². The maximum atomic E-state index is 11.6. The van der Waals surface area contributed by atoms with Crippen molar-refractivity contribution in [3.05, 3.63) is 54.6 Å². The second kappa shape index (κ2) is 4.88. The van der Waals surface area contributed by atoms with Crippen molar-refractivity contribution in [3.8, 4) is 0 Å². The Labute approximate surface area is 92.5 Å². The summed E-state index contributed by atoms with van der Waals surface area (Å²) in [6, 6.07) is 8.66. The van der Waals surface area contributed by atoms with E-state index in [1.54, 1.807) is 48.9 Å². The van der Waals surface area contributed by atoms with Crippen molar-refractivity contribution in [2.75, 3.05) is 5.43 Å². The molecule has 5 heteroatoms. The van der Waals surface area contributed by atoms with Gasteiger partial charge in [-0.05, 0) is 24.3 Å². The fourth-order valence-electron chi connectivity index (χ4n) is 1.13. The molecule has 0 aliphatic rings. The predicted octanol–water partition coefficient (Wildman–Crippen LogP) is 1.23. The first-order chi connectivity index (χ1) is 7.86. The molecule has 2 heterocycles. The molecule has 0 bridgehead atoms. The first kappa shape index (κ1) is 10.1. The molecule has 0 spiro atoms. The molecule has 2 aromatic heterocycles. The first-order valence-electron chi connectivity index (χ1n) is 4.74.